The molecule has 0 aliphatic rings. The maximum Gasteiger partial charge on any atom is 0.357 e. The molecule has 0 saturated carbocycles. The van der Waals surface area contributed by atoms with Gasteiger partial charge < -0.3 is 9.52 Å². The summed E-state index contributed by atoms with van der Waals surface area (Å²) in [5, 5.41) is 9.27. The van der Waals surface area contributed by atoms with Gasteiger partial charge in [0.1, 0.15) is 6.26 Å². The van der Waals surface area contributed by atoms with E-state index in [0.29, 0.717) is 10.6 Å². The summed E-state index contributed by atoms with van der Waals surface area (Å²) in [4.78, 5) is 14.5. The molecule has 0 atom stereocenters. The molecular weight excluding hydrogens is 230 g/mol. The van der Waals surface area contributed by atoms with Gasteiger partial charge in [-0.3, -0.25) is 0 Å². The Bertz CT molecular complexity index is 548. The van der Waals surface area contributed by atoms with Crippen molar-refractivity contribution in [2.24, 2.45) is 0 Å². The average Bonchev–Trinajstić information content (AvgIpc) is 2.70. The Morgan fingerprint density at radius 1 is 1.50 bits per heavy atom. The zero-order valence-electron chi connectivity index (χ0n) is 8.40. The van der Waals surface area contributed by atoms with Crippen molar-refractivity contribution in [1.82, 2.24) is 4.98 Å². The number of benzene rings is 1. The van der Waals surface area contributed by atoms with Gasteiger partial charge >= 0.3 is 5.97 Å². The number of halogens is 1. The van der Waals surface area contributed by atoms with E-state index < -0.39 is 5.97 Å². The summed E-state index contributed by atoms with van der Waals surface area (Å²) in [6.07, 6.45) is 1.11. The summed E-state index contributed by atoms with van der Waals surface area (Å²) in [6.45, 7) is 1.87. The molecule has 0 fully saturated rings. The predicted octanol–water partition coefficient (Wildman–Crippen LogP) is 3.00. The number of carboxylic acids is 1. The van der Waals surface area contributed by atoms with Gasteiger partial charge in [0.25, 0.3) is 0 Å². The maximum absolute atomic E-state index is 10.6. The van der Waals surface area contributed by atoms with E-state index in [1.165, 1.54) is 0 Å². The lowest BCUT2D eigenvalue weighted by molar-refractivity contribution is 0.0690. The van der Waals surface area contributed by atoms with Crippen molar-refractivity contribution < 1.29 is 14.3 Å². The largest absolute Gasteiger partial charge is 0.476 e. The zero-order chi connectivity index (χ0) is 11.7. The van der Waals surface area contributed by atoms with Crippen LogP contribution in [0.15, 0.2) is 28.9 Å². The van der Waals surface area contributed by atoms with Gasteiger partial charge in [0, 0.05) is 10.6 Å². The van der Waals surface area contributed by atoms with Crippen molar-refractivity contribution in [2.75, 3.05) is 0 Å². The molecule has 2 rings (SSSR count). The molecular formula is C11H8ClNO3. The molecule has 0 unspecified atom stereocenters. The first kappa shape index (κ1) is 10.7. The Hall–Kier alpha value is -1.81. The zero-order valence-corrected chi connectivity index (χ0v) is 9.15. The SMILES string of the molecule is Cc1ccc(Cl)cc1-c1nc(C(=O)O)co1. The Kier molecular flexibility index (Phi) is 2.66. The first-order valence-electron chi connectivity index (χ1n) is 4.53. The molecule has 4 nitrogen and oxygen atoms in total. The first-order valence-corrected chi connectivity index (χ1v) is 4.91. The molecule has 1 heterocycles. The molecule has 0 spiro atoms. The third-order valence-electron chi connectivity index (χ3n) is 2.15. The Labute approximate surface area is 96.5 Å². The van der Waals surface area contributed by atoms with Crippen molar-refractivity contribution >= 4 is 17.6 Å². The topological polar surface area (TPSA) is 63.3 Å². The van der Waals surface area contributed by atoms with Crippen molar-refractivity contribution in [3.8, 4) is 11.5 Å². The average molecular weight is 238 g/mol. The molecule has 0 aliphatic carbocycles. The smallest absolute Gasteiger partial charge is 0.357 e. The van der Waals surface area contributed by atoms with E-state index in [9.17, 15) is 4.79 Å². The minimum atomic E-state index is -1.12. The highest BCUT2D eigenvalue weighted by atomic mass is 35.5. The van der Waals surface area contributed by atoms with Crippen LogP contribution in [0.5, 0.6) is 0 Å². The predicted molar refractivity (Wildman–Crippen MR) is 58.6 cm³/mol. The molecule has 0 radical (unpaired) electrons. The van der Waals surface area contributed by atoms with Crippen LogP contribution >= 0.6 is 11.6 Å². The highest BCUT2D eigenvalue weighted by Crippen LogP contribution is 2.25. The number of hydrogen-bond donors (Lipinski definition) is 1. The van der Waals surface area contributed by atoms with Crippen LogP contribution in [0.2, 0.25) is 5.02 Å². The monoisotopic (exact) mass is 237 g/mol. The van der Waals surface area contributed by atoms with E-state index in [4.69, 9.17) is 21.1 Å². The third-order valence-corrected chi connectivity index (χ3v) is 2.39. The van der Waals surface area contributed by atoms with Crippen molar-refractivity contribution in [3.05, 3.63) is 40.7 Å². The van der Waals surface area contributed by atoms with Crippen LogP contribution < -0.4 is 0 Å². The summed E-state index contributed by atoms with van der Waals surface area (Å²) < 4.78 is 5.10. The molecule has 16 heavy (non-hydrogen) atoms. The minimum absolute atomic E-state index is 0.116. The Balaban J connectivity index is 2.50. The second kappa shape index (κ2) is 3.98. The maximum atomic E-state index is 10.6. The van der Waals surface area contributed by atoms with Gasteiger partial charge in [0.2, 0.25) is 5.89 Å². The number of aromatic nitrogens is 1. The van der Waals surface area contributed by atoms with E-state index in [2.05, 4.69) is 4.98 Å². The number of carbonyl (C=O) groups is 1. The van der Waals surface area contributed by atoms with E-state index in [1.54, 1.807) is 12.1 Å². The van der Waals surface area contributed by atoms with Crippen molar-refractivity contribution in [3.63, 3.8) is 0 Å². The molecule has 2 aromatic rings. The number of carboxylic acid groups (broad SMARTS) is 1. The summed E-state index contributed by atoms with van der Waals surface area (Å²) >= 11 is 5.85. The lowest BCUT2D eigenvalue weighted by Gasteiger charge is -2.00. The van der Waals surface area contributed by atoms with Crippen LogP contribution in [0.3, 0.4) is 0 Å². The fraction of sp³-hybridized carbons (Fsp3) is 0.0909. The highest BCUT2D eigenvalue weighted by Gasteiger charge is 2.13. The molecule has 1 aromatic carbocycles. The van der Waals surface area contributed by atoms with Crippen LogP contribution in [0.1, 0.15) is 16.1 Å². The Morgan fingerprint density at radius 3 is 2.88 bits per heavy atom. The van der Waals surface area contributed by atoms with Gasteiger partial charge in [-0.05, 0) is 24.6 Å². The number of oxazole rings is 1. The first-order chi connectivity index (χ1) is 7.58. The number of aryl methyl sites for hydroxylation is 1. The molecule has 0 amide bonds. The van der Waals surface area contributed by atoms with E-state index in [1.807, 2.05) is 13.0 Å². The van der Waals surface area contributed by atoms with Crippen LogP contribution in [-0.4, -0.2) is 16.1 Å². The second-order valence-electron chi connectivity index (χ2n) is 3.30. The molecule has 0 bridgehead atoms. The molecule has 1 aromatic heterocycles. The fourth-order valence-electron chi connectivity index (χ4n) is 1.32. The highest BCUT2D eigenvalue weighted by molar-refractivity contribution is 6.30. The summed E-state index contributed by atoms with van der Waals surface area (Å²) in [5.41, 5.74) is 1.50. The fourth-order valence-corrected chi connectivity index (χ4v) is 1.49. The quantitative estimate of drug-likeness (QED) is 0.872. The molecule has 1 N–H and O–H groups in total. The minimum Gasteiger partial charge on any atom is -0.476 e. The van der Waals surface area contributed by atoms with E-state index in [0.717, 1.165) is 11.8 Å². The third kappa shape index (κ3) is 1.92. The van der Waals surface area contributed by atoms with Crippen LogP contribution in [-0.2, 0) is 0 Å². The molecule has 0 aliphatic heterocycles. The van der Waals surface area contributed by atoms with E-state index >= 15 is 0 Å². The van der Waals surface area contributed by atoms with Crippen LogP contribution in [0, 0.1) is 6.92 Å². The standard InChI is InChI=1S/C11H8ClNO3/c1-6-2-3-7(12)4-8(6)10-13-9(5-16-10)11(14)15/h2-5H,1H3,(H,14,15). The molecule has 0 saturated heterocycles. The molecule has 82 valence electrons. The number of rotatable bonds is 2. The van der Waals surface area contributed by atoms with Gasteiger partial charge in [0.15, 0.2) is 5.69 Å². The number of hydrogen-bond acceptors (Lipinski definition) is 3. The van der Waals surface area contributed by atoms with E-state index in [-0.39, 0.29) is 11.6 Å². The number of nitrogens with zero attached hydrogens (tertiary/aromatic N) is 1. The van der Waals surface area contributed by atoms with Gasteiger partial charge in [-0.15, -0.1) is 0 Å². The number of aromatic carboxylic acids is 1. The van der Waals surface area contributed by atoms with Gasteiger partial charge in [-0.25, -0.2) is 9.78 Å². The van der Waals surface area contributed by atoms with Gasteiger partial charge in [-0.2, -0.15) is 0 Å². The normalized spacial score (nSPS) is 10.4. The lowest BCUT2D eigenvalue weighted by Crippen LogP contribution is -1.95. The van der Waals surface area contributed by atoms with Crippen LogP contribution in [0.25, 0.3) is 11.5 Å². The second-order valence-corrected chi connectivity index (χ2v) is 3.74. The van der Waals surface area contributed by atoms with Crippen molar-refractivity contribution in [2.45, 2.75) is 6.92 Å². The summed E-state index contributed by atoms with van der Waals surface area (Å²) in [7, 11) is 0. The Morgan fingerprint density at radius 2 is 2.25 bits per heavy atom. The van der Waals surface area contributed by atoms with Crippen molar-refractivity contribution in [1.29, 1.82) is 0 Å². The van der Waals surface area contributed by atoms with Gasteiger partial charge in [-0.1, -0.05) is 17.7 Å². The summed E-state index contributed by atoms with van der Waals surface area (Å²) in [5.74, 6) is -0.855. The summed E-state index contributed by atoms with van der Waals surface area (Å²) in [6, 6.07) is 5.26. The molecule has 5 heteroatoms. The van der Waals surface area contributed by atoms with Crippen LogP contribution in [0.4, 0.5) is 0 Å². The van der Waals surface area contributed by atoms with Gasteiger partial charge in [0.05, 0.1) is 0 Å². The lowest BCUT2D eigenvalue weighted by atomic mass is 10.1.